The number of amides is 2. The number of hydrogen-bond acceptors (Lipinski definition) is 4. The van der Waals surface area contributed by atoms with Crippen molar-refractivity contribution in [2.75, 3.05) is 6.54 Å². The number of carbonyl (C=O) groups is 2. The van der Waals surface area contributed by atoms with Gasteiger partial charge in [-0.3, -0.25) is 14.6 Å². The summed E-state index contributed by atoms with van der Waals surface area (Å²) in [7, 11) is 0. The molecule has 2 atom stereocenters. The number of halogens is 1. The largest absolute Gasteiger partial charge is 0.368 e. The predicted molar refractivity (Wildman–Crippen MR) is 63.9 cm³/mol. The van der Waals surface area contributed by atoms with E-state index >= 15 is 0 Å². The Labute approximate surface area is 105 Å². The average molecular weight is 259 g/mol. The third-order valence-electron chi connectivity index (χ3n) is 3.49. The second kappa shape index (κ2) is 3.96. The number of nitrogens with zero attached hydrogens (tertiary/aromatic N) is 1. The molecule has 4 N–H and O–H groups in total. The lowest BCUT2D eigenvalue weighted by Gasteiger charge is -2.14. The van der Waals surface area contributed by atoms with Crippen molar-refractivity contribution in [2.24, 2.45) is 16.6 Å². The van der Waals surface area contributed by atoms with Gasteiger partial charge in [0, 0.05) is 18.9 Å². The topological polar surface area (TPSA) is 96.6 Å². The number of carbonyl (C=O) groups excluding carboxylic acids is 2. The van der Waals surface area contributed by atoms with Crippen molar-refractivity contribution in [3.05, 3.63) is 0 Å². The Morgan fingerprint density at radius 3 is 2.71 bits per heavy atom. The van der Waals surface area contributed by atoms with Crippen LogP contribution in [0.5, 0.6) is 0 Å². The second-order valence-electron chi connectivity index (χ2n) is 4.80. The van der Waals surface area contributed by atoms with Gasteiger partial charge in [-0.2, -0.15) is 0 Å². The minimum absolute atomic E-state index is 0. The summed E-state index contributed by atoms with van der Waals surface area (Å²) in [5, 5.41) is 5.78. The van der Waals surface area contributed by atoms with E-state index in [0.717, 1.165) is 18.7 Å². The normalized spacial score (nSPS) is 35.4. The molecule has 1 aliphatic carbocycles. The van der Waals surface area contributed by atoms with Gasteiger partial charge < -0.3 is 16.4 Å². The first-order chi connectivity index (χ1) is 7.61. The molecule has 0 aromatic heterocycles. The molecule has 2 aliphatic heterocycles. The Morgan fingerprint density at radius 2 is 2.18 bits per heavy atom. The smallest absolute Gasteiger partial charge is 0.254 e. The number of nitrogens with two attached hydrogens (primary N) is 1. The molecule has 2 amide bonds. The fourth-order valence-electron chi connectivity index (χ4n) is 2.33. The molecule has 1 saturated carbocycles. The van der Waals surface area contributed by atoms with Crippen molar-refractivity contribution in [3.8, 4) is 0 Å². The van der Waals surface area contributed by atoms with Gasteiger partial charge in [-0.1, -0.05) is 0 Å². The Morgan fingerprint density at radius 1 is 1.47 bits per heavy atom. The van der Waals surface area contributed by atoms with Crippen LogP contribution in [-0.2, 0) is 9.59 Å². The molecule has 3 rings (SSSR count). The van der Waals surface area contributed by atoms with Crippen molar-refractivity contribution in [3.63, 3.8) is 0 Å². The maximum Gasteiger partial charge on any atom is 0.254 e. The highest BCUT2D eigenvalue weighted by atomic mass is 35.5. The molecule has 0 unspecified atom stereocenters. The molecule has 94 valence electrons. The first-order valence-electron chi connectivity index (χ1n) is 5.55. The number of rotatable bonds is 2. The molecule has 0 aromatic carbocycles. The second-order valence-corrected chi connectivity index (χ2v) is 4.80. The number of amidine groups is 1. The van der Waals surface area contributed by atoms with Gasteiger partial charge in [-0.15, -0.1) is 12.4 Å². The Bertz CT molecular complexity index is 407. The van der Waals surface area contributed by atoms with Gasteiger partial charge in [0.15, 0.2) is 5.54 Å². The van der Waals surface area contributed by atoms with E-state index in [-0.39, 0.29) is 18.3 Å². The van der Waals surface area contributed by atoms with Gasteiger partial charge in [0.2, 0.25) is 5.91 Å². The van der Waals surface area contributed by atoms with Gasteiger partial charge in [0.1, 0.15) is 5.84 Å². The van der Waals surface area contributed by atoms with Crippen LogP contribution in [-0.4, -0.2) is 35.8 Å². The summed E-state index contributed by atoms with van der Waals surface area (Å²) in [5.74, 6) is 0.721. The Kier molecular flexibility index (Phi) is 2.87. The summed E-state index contributed by atoms with van der Waals surface area (Å²) in [6.45, 7) is 0.405. The van der Waals surface area contributed by atoms with E-state index in [1.54, 1.807) is 0 Å². The summed E-state index contributed by atoms with van der Waals surface area (Å²) in [6.07, 6.45) is 2.58. The standard InChI is InChI=1S/C10H14N4O2.ClH/c11-7(15)6-3-10(4-12-6)9(16)13-8(14-10)5-1-2-5;/h5-6,12H,1-4H2,(H2,11,15)(H,13,14,16);1H/t6-,10+;/m0./s1. The highest BCUT2D eigenvalue weighted by Crippen LogP contribution is 2.36. The molecule has 6 nitrogen and oxygen atoms in total. The van der Waals surface area contributed by atoms with E-state index in [9.17, 15) is 9.59 Å². The highest BCUT2D eigenvalue weighted by Gasteiger charge is 2.52. The van der Waals surface area contributed by atoms with Crippen LogP contribution in [0.15, 0.2) is 4.99 Å². The molecule has 0 bridgehead atoms. The summed E-state index contributed by atoms with van der Waals surface area (Å²) in [6, 6.07) is -0.437. The van der Waals surface area contributed by atoms with E-state index in [0.29, 0.717) is 18.9 Å². The summed E-state index contributed by atoms with van der Waals surface area (Å²) in [4.78, 5) is 27.4. The summed E-state index contributed by atoms with van der Waals surface area (Å²) in [5.41, 5.74) is 4.44. The lowest BCUT2D eigenvalue weighted by Crippen LogP contribution is -2.41. The zero-order chi connectivity index (χ0) is 11.3. The number of hydrogen-bond donors (Lipinski definition) is 3. The SMILES string of the molecule is Cl.NC(=O)[C@@H]1C[C@]2(CN1)N=C(C1CC1)NC2=O. The molecule has 17 heavy (non-hydrogen) atoms. The number of primary amides is 1. The first kappa shape index (κ1) is 12.3. The van der Waals surface area contributed by atoms with E-state index in [1.165, 1.54) is 0 Å². The predicted octanol–water partition coefficient (Wildman–Crippen LogP) is -1.07. The average Bonchev–Trinajstić information content (AvgIpc) is 2.92. The zero-order valence-electron chi connectivity index (χ0n) is 9.23. The molecule has 1 saturated heterocycles. The third-order valence-corrected chi connectivity index (χ3v) is 3.49. The van der Waals surface area contributed by atoms with Crippen LogP contribution in [0.25, 0.3) is 0 Å². The Hall–Kier alpha value is -1.14. The molecule has 0 radical (unpaired) electrons. The van der Waals surface area contributed by atoms with Crippen LogP contribution in [0.2, 0.25) is 0 Å². The molecule has 0 aromatic rings. The molecule has 1 spiro atoms. The van der Waals surface area contributed by atoms with Crippen LogP contribution >= 0.6 is 12.4 Å². The molecule has 7 heteroatoms. The van der Waals surface area contributed by atoms with E-state index in [2.05, 4.69) is 15.6 Å². The van der Waals surface area contributed by atoms with Crippen LogP contribution in [0.1, 0.15) is 19.3 Å². The van der Waals surface area contributed by atoms with Crippen LogP contribution in [0.4, 0.5) is 0 Å². The zero-order valence-corrected chi connectivity index (χ0v) is 10.0. The van der Waals surface area contributed by atoms with Gasteiger partial charge in [0.05, 0.1) is 6.04 Å². The van der Waals surface area contributed by atoms with Gasteiger partial charge >= 0.3 is 0 Å². The monoisotopic (exact) mass is 258 g/mol. The fraction of sp³-hybridized carbons (Fsp3) is 0.700. The molecular formula is C10H15ClN4O2. The first-order valence-corrected chi connectivity index (χ1v) is 5.55. The lowest BCUT2D eigenvalue weighted by atomic mass is 9.96. The molecule has 2 fully saturated rings. The van der Waals surface area contributed by atoms with Gasteiger partial charge in [-0.05, 0) is 12.8 Å². The fourth-order valence-corrected chi connectivity index (χ4v) is 2.33. The van der Waals surface area contributed by atoms with Crippen LogP contribution in [0.3, 0.4) is 0 Å². The quantitative estimate of drug-likeness (QED) is 0.589. The Balaban J connectivity index is 0.00000108. The van der Waals surface area contributed by atoms with Gasteiger partial charge in [-0.25, -0.2) is 0 Å². The lowest BCUT2D eigenvalue weighted by molar-refractivity contribution is -0.123. The van der Waals surface area contributed by atoms with E-state index in [1.807, 2.05) is 0 Å². The van der Waals surface area contributed by atoms with Crippen molar-refractivity contribution >= 4 is 30.1 Å². The van der Waals surface area contributed by atoms with Gasteiger partial charge in [0.25, 0.3) is 5.91 Å². The maximum atomic E-state index is 11.9. The maximum absolute atomic E-state index is 11.9. The van der Waals surface area contributed by atoms with Crippen LogP contribution in [0, 0.1) is 5.92 Å². The third kappa shape index (κ3) is 1.91. The molecular weight excluding hydrogens is 244 g/mol. The van der Waals surface area contributed by atoms with Crippen molar-refractivity contribution in [1.82, 2.24) is 10.6 Å². The van der Waals surface area contributed by atoms with E-state index < -0.39 is 17.5 Å². The van der Waals surface area contributed by atoms with Crippen molar-refractivity contribution < 1.29 is 9.59 Å². The number of aliphatic imine (C=N–C) groups is 1. The number of nitrogens with one attached hydrogen (secondary N) is 2. The van der Waals surface area contributed by atoms with Crippen molar-refractivity contribution in [1.29, 1.82) is 0 Å². The highest BCUT2D eigenvalue weighted by molar-refractivity contribution is 6.10. The van der Waals surface area contributed by atoms with Crippen molar-refractivity contribution in [2.45, 2.75) is 30.8 Å². The summed E-state index contributed by atoms with van der Waals surface area (Å²) < 4.78 is 0. The minimum atomic E-state index is -0.780. The van der Waals surface area contributed by atoms with Crippen LogP contribution < -0.4 is 16.4 Å². The van der Waals surface area contributed by atoms with E-state index in [4.69, 9.17) is 5.73 Å². The molecule has 2 heterocycles. The minimum Gasteiger partial charge on any atom is -0.368 e. The molecule has 3 aliphatic rings. The summed E-state index contributed by atoms with van der Waals surface area (Å²) >= 11 is 0.